The lowest BCUT2D eigenvalue weighted by molar-refractivity contribution is -0.268. The molecular formula is C31H52O5. The minimum atomic E-state index is -0.870. The van der Waals surface area contributed by atoms with E-state index in [9.17, 15) is 20.1 Å². The molecule has 4 aliphatic rings. The van der Waals surface area contributed by atoms with E-state index in [1.807, 2.05) is 0 Å². The van der Waals surface area contributed by atoms with Crippen LogP contribution in [0.15, 0.2) is 12.2 Å². The Kier molecular flexibility index (Phi) is 7.56. The fourth-order valence-corrected chi connectivity index (χ4v) is 10.3. The van der Waals surface area contributed by atoms with E-state index >= 15 is 0 Å². The van der Waals surface area contributed by atoms with Crippen LogP contribution in [0.1, 0.15) is 99.8 Å². The maximum absolute atomic E-state index is 12.5. The Bertz CT molecular complexity index is 854. The van der Waals surface area contributed by atoms with E-state index in [4.69, 9.17) is 4.74 Å². The standard InChI is InChI=1S/C31H52O5/c1-17(2)19(4)26(36-21(6)32)15-18(3)22-9-10-27-30(22,8)16-25(34)28-29(7)13-12-24(33)20(5)23(29)11-14-31(27,28)35/h17-18,20,22-28,33-35H,4,9-16H2,1-3,5-8H3/t18-,20+,22-,23+,24+,25+,26?,27-,28-,29+,30-,31-/m1/s1. The summed E-state index contributed by atoms with van der Waals surface area (Å²) >= 11 is 0. The number of carbonyl (C=O) groups is 1. The molecule has 0 aliphatic heterocycles. The first-order valence-corrected chi connectivity index (χ1v) is 14.6. The zero-order chi connectivity index (χ0) is 26.8. The number of aliphatic hydroxyl groups excluding tert-OH is 2. The number of esters is 1. The van der Waals surface area contributed by atoms with E-state index in [1.165, 1.54) is 6.92 Å². The van der Waals surface area contributed by atoms with Gasteiger partial charge in [0.15, 0.2) is 0 Å². The molecule has 12 atom stereocenters. The molecule has 0 amide bonds. The molecule has 4 saturated carbocycles. The second-order valence-electron chi connectivity index (χ2n) is 14.1. The maximum Gasteiger partial charge on any atom is 0.303 e. The minimum Gasteiger partial charge on any atom is -0.458 e. The van der Waals surface area contributed by atoms with Crippen LogP contribution in [-0.2, 0) is 9.53 Å². The van der Waals surface area contributed by atoms with Crippen LogP contribution in [0.2, 0.25) is 0 Å². The van der Waals surface area contributed by atoms with Crippen molar-refractivity contribution >= 4 is 5.97 Å². The first kappa shape index (κ1) is 28.1. The summed E-state index contributed by atoms with van der Waals surface area (Å²) in [5.74, 6) is 1.16. The quantitative estimate of drug-likeness (QED) is 0.328. The lowest BCUT2D eigenvalue weighted by Gasteiger charge is -2.67. The third kappa shape index (κ3) is 4.29. The molecule has 4 fully saturated rings. The Morgan fingerprint density at radius 3 is 2.31 bits per heavy atom. The third-order valence-corrected chi connectivity index (χ3v) is 12.0. The Balaban J connectivity index is 1.60. The van der Waals surface area contributed by atoms with Gasteiger partial charge in [0.25, 0.3) is 0 Å². The maximum atomic E-state index is 12.5. The second-order valence-corrected chi connectivity index (χ2v) is 14.1. The molecule has 5 nitrogen and oxygen atoms in total. The highest BCUT2D eigenvalue weighted by Crippen LogP contribution is 2.70. The normalized spacial score (nSPS) is 47.9. The second kappa shape index (κ2) is 9.68. The highest BCUT2D eigenvalue weighted by Gasteiger charge is 2.70. The van der Waals surface area contributed by atoms with Crippen molar-refractivity contribution in [2.75, 3.05) is 0 Å². The number of hydrogen-bond acceptors (Lipinski definition) is 5. The summed E-state index contributed by atoms with van der Waals surface area (Å²) in [6, 6.07) is 0. The van der Waals surface area contributed by atoms with Gasteiger partial charge < -0.3 is 20.1 Å². The first-order chi connectivity index (χ1) is 16.7. The molecule has 206 valence electrons. The van der Waals surface area contributed by atoms with Crippen molar-refractivity contribution in [2.24, 2.45) is 52.3 Å². The number of carbonyl (C=O) groups excluding carboxylic acids is 1. The van der Waals surface area contributed by atoms with Gasteiger partial charge in [-0.05, 0) is 103 Å². The van der Waals surface area contributed by atoms with E-state index in [-0.39, 0.29) is 58.6 Å². The Morgan fingerprint density at radius 2 is 1.69 bits per heavy atom. The van der Waals surface area contributed by atoms with Crippen LogP contribution in [0, 0.1) is 52.3 Å². The van der Waals surface area contributed by atoms with Gasteiger partial charge in [-0.25, -0.2) is 0 Å². The van der Waals surface area contributed by atoms with Crippen LogP contribution in [0.4, 0.5) is 0 Å². The van der Waals surface area contributed by atoms with E-state index in [0.29, 0.717) is 24.7 Å². The van der Waals surface area contributed by atoms with Crippen molar-refractivity contribution in [1.82, 2.24) is 0 Å². The smallest absolute Gasteiger partial charge is 0.303 e. The number of hydrogen-bond donors (Lipinski definition) is 3. The van der Waals surface area contributed by atoms with Crippen molar-refractivity contribution < 1.29 is 24.9 Å². The molecule has 0 spiro atoms. The Hall–Kier alpha value is -0.910. The number of fused-ring (bicyclic) bond motifs is 5. The molecule has 4 aliphatic carbocycles. The molecule has 0 aromatic rings. The van der Waals surface area contributed by atoms with Crippen molar-refractivity contribution in [3.63, 3.8) is 0 Å². The zero-order valence-electron chi connectivity index (χ0n) is 23.8. The summed E-state index contributed by atoms with van der Waals surface area (Å²) in [4.78, 5) is 11.9. The largest absolute Gasteiger partial charge is 0.458 e. The van der Waals surface area contributed by atoms with E-state index in [2.05, 4.69) is 48.1 Å². The van der Waals surface area contributed by atoms with E-state index in [0.717, 1.165) is 44.1 Å². The molecule has 36 heavy (non-hydrogen) atoms. The molecule has 0 saturated heterocycles. The van der Waals surface area contributed by atoms with Gasteiger partial charge in [0, 0.05) is 12.8 Å². The fraction of sp³-hybridized carbons (Fsp3) is 0.903. The monoisotopic (exact) mass is 504 g/mol. The minimum absolute atomic E-state index is 0.139. The van der Waals surface area contributed by atoms with Crippen LogP contribution in [0.5, 0.6) is 0 Å². The fourth-order valence-electron chi connectivity index (χ4n) is 10.3. The summed E-state index contributed by atoms with van der Waals surface area (Å²) in [6.45, 7) is 18.9. The van der Waals surface area contributed by atoms with Gasteiger partial charge in [-0.2, -0.15) is 0 Å². The van der Waals surface area contributed by atoms with Gasteiger partial charge in [-0.15, -0.1) is 0 Å². The number of ether oxygens (including phenoxy) is 1. The highest BCUT2D eigenvalue weighted by molar-refractivity contribution is 5.66. The van der Waals surface area contributed by atoms with Gasteiger partial charge in [0.2, 0.25) is 0 Å². The summed E-state index contributed by atoms with van der Waals surface area (Å²) in [6.07, 6.45) is 5.60. The topological polar surface area (TPSA) is 87.0 Å². The van der Waals surface area contributed by atoms with Gasteiger partial charge in [0.05, 0.1) is 17.8 Å². The summed E-state index contributed by atoms with van der Waals surface area (Å²) < 4.78 is 5.73. The van der Waals surface area contributed by atoms with Crippen molar-refractivity contribution in [2.45, 2.75) is 124 Å². The Morgan fingerprint density at radius 1 is 1.03 bits per heavy atom. The molecule has 1 unspecified atom stereocenters. The SMILES string of the molecule is C=C(C(C)C)C(C[C@@H](C)[C@H]1CC[C@@H]2[C@]1(C)C[C@H](O)[C@@H]1[C@@]3(C)CC[C@H](O)[C@@H](C)[C@@H]3CC[C@@]21O)OC(C)=O. The lowest BCUT2D eigenvalue weighted by Crippen LogP contribution is -2.69. The molecule has 0 aromatic carbocycles. The first-order valence-electron chi connectivity index (χ1n) is 14.6. The molecule has 5 heteroatoms. The van der Waals surface area contributed by atoms with E-state index in [1.54, 1.807) is 0 Å². The summed E-state index contributed by atoms with van der Waals surface area (Å²) in [7, 11) is 0. The summed E-state index contributed by atoms with van der Waals surface area (Å²) in [5, 5.41) is 34.9. The zero-order valence-corrected chi connectivity index (χ0v) is 23.8. The van der Waals surface area contributed by atoms with Gasteiger partial charge >= 0.3 is 5.97 Å². The molecule has 0 aromatic heterocycles. The molecule has 0 radical (unpaired) electrons. The average molecular weight is 505 g/mol. The molecule has 3 N–H and O–H groups in total. The Labute approximate surface area is 219 Å². The van der Waals surface area contributed by atoms with Gasteiger partial charge in [-0.1, -0.05) is 48.1 Å². The number of aliphatic hydroxyl groups is 3. The molecule has 0 bridgehead atoms. The predicted octanol–water partition coefficient (Wildman–Crippen LogP) is 5.51. The molecule has 0 heterocycles. The van der Waals surface area contributed by atoms with Crippen LogP contribution < -0.4 is 0 Å². The van der Waals surface area contributed by atoms with Gasteiger partial charge in [0.1, 0.15) is 6.10 Å². The van der Waals surface area contributed by atoms with E-state index < -0.39 is 11.7 Å². The van der Waals surface area contributed by atoms with Crippen LogP contribution >= 0.6 is 0 Å². The third-order valence-electron chi connectivity index (χ3n) is 12.0. The van der Waals surface area contributed by atoms with Crippen molar-refractivity contribution in [1.29, 1.82) is 0 Å². The van der Waals surface area contributed by atoms with Crippen LogP contribution in [0.25, 0.3) is 0 Å². The van der Waals surface area contributed by atoms with Gasteiger partial charge in [-0.3, -0.25) is 4.79 Å². The molecule has 4 rings (SSSR count). The summed E-state index contributed by atoms with van der Waals surface area (Å²) in [5.41, 5.74) is -0.220. The van der Waals surface area contributed by atoms with Crippen LogP contribution in [0.3, 0.4) is 0 Å². The number of rotatable bonds is 6. The van der Waals surface area contributed by atoms with Crippen molar-refractivity contribution in [3.8, 4) is 0 Å². The van der Waals surface area contributed by atoms with Crippen molar-refractivity contribution in [3.05, 3.63) is 12.2 Å². The lowest BCUT2D eigenvalue weighted by atomic mass is 9.40. The molecular weight excluding hydrogens is 452 g/mol. The average Bonchev–Trinajstić information content (AvgIpc) is 3.12. The van der Waals surface area contributed by atoms with Crippen LogP contribution in [-0.4, -0.2) is 45.2 Å². The predicted molar refractivity (Wildman–Crippen MR) is 142 cm³/mol. The highest BCUT2D eigenvalue weighted by atomic mass is 16.5.